The Morgan fingerprint density at radius 1 is 1.06 bits per heavy atom. The van der Waals surface area contributed by atoms with E-state index in [1.807, 2.05) is 6.20 Å². The van der Waals surface area contributed by atoms with Gasteiger partial charge >= 0.3 is 0 Å². The van der Waals surface area contributed by atoms with Crippen LogP contribution in [0.25, 0.3) is 10.9 Å². The van der Waals surface area contributed by atoms with Crippen molar-refractivity contribution in [3.63, 3.8) is 0 Å². The summed E-state index contributed by atoms with van der Waals surface area (Å²) < 4.78 is 0. The molecule has 1 aromatic carbocycles. The van der Waals surface area contributed by atoms with Crippen LogP contribution in [-0.4, -0.2) is 24.6 Å². The van der Waals surface area contributed by atoms with E-state index in [9.17, 15) is 0 Å². The minimum Gasteiger partial charge on any atom is -0.361 e. The fourth-order valence-corrected chi connectivity index (χ4v) is 2.08. The van der Waals surface area contributed by atoms with Crippen LogP contribution in [0.2, 0.25) is 0 Å². The largest absolute Gasteiger partial charge is 0.361 e. The summed E-state index contributed by atoms with van der Waals surface area (Å²) in [7, 11) is 0. The first-order chi connectivity index (χ1) is 8.90. The molecule has 0 fully saturated rings. The molecule has 0 saturated carbocycles. The van der Waals surface area contributed by atoms with Crippen LogP contribution in [0.1, 0.15) is 25.3 Å². The summed E-state index contributed by atoms with van der Waals surface area (Å²) >= 11 is 0. The average molecular weight is 245 g/mol. The molecule has 2 rings (SSSR count). The predicted molar refractivity (Wildman–Crippen MR) is 77.8 cm³/mol. The van der Waals surface area contributed by atoms with E-state index in [-0.39, 0.29) is 0 Å². The molecule has 18 heavy (non-hydrogen) atoms. The summed E-state index contributed by atoms with van der Waals surface area (Å²) in [5.74, 6) is 0. The Morgan fingerprint density at radius 2 is 1.94 bits per heavy atom. The van der Waals surface area contributed by atoms with E-state index in [0.29, 0.717) is 0 Å². The van der Waals surface area contributed by atoms with Crippen molar-refractivity contribution in [1.82, 2.24) is 15.6 Å². The van der Waals surface area contributed by atoms with E-state index in [2.05, 4.69) is 46.8 Å². The normalized spacial score (nSPS) is 11.2. The highest BCUT2D eigenvalue weighted by atomic mass is 14.9. The lowest BCUT2D eigenvalue weighted by Gasteiger charge is -2.06. The van der Waals surface area contributed by atoms with E-state index < -0.39 is 0 Å². The summed E-state index contributed by atoms with van der Waals surface area (Å²) in [5, 5.41) is 8.17. The van der Waals surface area contributed by atoms with Crippen molar-refractivity contribution in [2.24, 2.45) is 0 Å². The van der Waals surface area contributed by atoms with Crippen molar-refractivity contribution in [3.8, 4) is 0 Å². The molecule has 98 valence electrons. The number of hydrogen-bond acceptors (Lipinski definition) is 2. The lowest BCUT2D eigenvalue weighted by molar-refractivity contribution is 0.592. The topological polar surface area (TPSA) is 39.8 Å². The number of rotatable bonds is 8. The fourth-order valence-electron chi connectivity index (χ4n) is 2.08. The summed E-state index contributed by atoms with van der Waals surface area (Å²) in [6.45, 7) is 6.45. The van der Waals surface area contributed by atoms with Gasteiger partial charge in [0.25, 0.3) is 0 Å². The highest BCUT2D eigenvalue weighted by Crippen LogP contribution is 2.13. The van der Waals surface area contributed by atoms with Crippen LogP contribution < -0.4 is 10.6 Å². The zero-order valence-electron chi connectivity index (χ0n) is 11.1. The lowest BCUT2D eigenvalue weighted by Crippen LogP contribution is -2.22. The van der Waals surface area contributed by atoms with E-state index in [4.69, 9.17) is 0 Å². The summed E-state index contributed by atoms with van der Waals surface area (Å²) in [4.78, 5) is 3.25. The Labute approximate surface area is 109 Å². The van der Waals surface area contributed by atoms with Gasteiger partial charge in [0.1, 0.15) is 0 Å². The first-order valence-corrected chi connectivity index (χ1v) is 6.87. The fraction of sp³-hybridized carbons (Fsp3) is 0.467. The Hall–Kier alpha value is -1.32. The molecule has 0 unspecified atom stereocenters. The van der Waals surface area contributed by atoms with Gasteiger partial charge in [-0.05, 0) is 55.6 Å². The average Bonchev–Trinajstić information content (AvgIpc) is 2.85. The maximum absolute atomic E-state index is 3.48. The molecule has 3 nitrogen and oxygen atoms in total. The maximum Gasteiger partial charge on any atom is 0.0457 e. The molecule has 0 aliphatic heterocycles. The Morgan fingerprint density at radius 3 is 2.83 bits per heavy atom. The van der Waals surface area contributed by atoms with Crippen LogP contribution in [-0.2, 0) is 6.54 Å². The van der Waals surface area contributed by atoms with Gasteiger partial charge in [-0.25, -0.2) is 0 Å². The summed E-state index contributed by atoms with van der Waals surface area (Å²) in [5.41, 5.74) is 2.56. The van der Waals surface area contributed by atoms with Crippen LogP contribution in [0.4, 0.5) is 0 Å². The number of nitrogens with one attached hydrogen (secondary N) is 3. The molecule has 3 heteroatoms. The van der Waals surface area contributed by atoms with Gasteiger partial charge in [-0.15, -0.1) is 0 Å². The van der Waals surface area contributed by atoms with Crippen LogP contribution >= 0.6 is 0 Å². The zero-order valence-corrected chi connectivity index (χ0v) is 11.1. The third kappa shape index (κ3) is 3.86. The first kappa shape index (κ1) is 13.1. The lowest BCUT2D eigenvalue weighted by atomic mass is 10.1. The van der Waals surface area contributed by atoms with Crippen molar-refractivity contribution in [2.45, 2.75) is 26.3 Å². The number of hydrogen-bond donors (Lipinski definition) is 3. The van der Waals surface area contributed by atoms with E-state index in [0.717, 1.165) is 26.2 Å². The van der Waals surface area contributed by atoms with Gasteiger partial charge in [-0.3, -0.25) is 0 Å². The Kier molecular flexibility index (Phi) is 5.24. The van der Waals surface area contributed by atoms with Crippen molar-refractivity contribution in [3.05, 3.63) is 36.0 Å². The van der Waals surface area contributed by atoms with Crippen molar-refractivity contribution < 1.29 is 0 Å². The molecule has 0 aliphatic rings. The minimum atomic E-state index is 0.947. The molecular weight excluding hydrogens is 222 g/mol. The third-order valence-corrected chi connectivity index (χ3v) is 3.08. The second kappa shape index (κ2) is 7.19. The molecule has 2 aromatic rings. The second-order valence-electron chi connectivity index (χ2n) is 4.68. The Balaban J connectivity index is 1.67. The number of fused-ring (bicyclic) bond motifs is 1. The molecule has 0 aliphatic carbocycles. The second-order valence-corrected chi connectivity index (χ2v) is 4.68. The van der Waals surface area contributed by atoms with Gasteiger partial charge in [-0.1, -0.05) is 19.1 Å². The molecule has 0 atom stereocenters. The SMILES string of the molecule is CCCNCCCNCc1ccc2cc[nH]c2c1. The number of aromatic nitrogens is 1. The molecule has 1 heterocycles. The van der Waals surface area contributed by atoms with Crippen LogP contribution in [0.15, 0.2) is 30.5 Å². The number of benzene rings is 1. The summed E-state index contributed by atoms with van der Waals surface area (Å²) in [6.07, 6.45) is 4.38. The Bertz CT molecular complexity index is 461. The smallest absolute Gasteiger partial charge is 0.0457 e. The van der Waals surface area contributed by atoms with Crippen LogP contribution in [0.3, 0.4) is 0 Å². The van der Waals surface area contributed by atoms with Crippen LogP contribution in [0.5, 0.6) is 0 Å². The highest BCUT2D eigenvalue weighted by Gasteiger charge is 1.97. The van der Waals surface area contributed by atoms with E-state index in [1.165, 1.54) is 29.3 Å². The zero-order chi connectivity index (χ0) is 12.6. The quantitative estimate of drug-likeness (QED) is 0.626. The van der Waals surface area contributed by atoms with Crippen LogP contribution in [0, 0.1) is 0 Å². The molecule has 3 N–H and O–H groups in total. The van der Waals surface area contributed by atoms with Crippen molar-refractivity contribution in [2.75, 3.05) is 19.6 Å². The molecular formula is C15H23N3. The number of H-pyrrole nitrogens is 1. The maximum atomic E-state index is 3.48. The molecule has 0 bridgehead atoms. The van der Waals surface area contributed by atoms with Gasteiger partial charge < -0.3 is 15.6 Å². The van der Waals surface area contributed by atoms with E-state index >= 15 is 0 Å². The highest BCUT2D eigenvalue weighted by molar-refractivity contribution is 5.79. The molecule has 0 saturated heterocycles. The standard InChI is InChI=1S/C15H23N3/c1-2-7-16-8-3-9-17-12-13-4-5-14-6-10-18-15(14)11-13/h4-6,10-11,16-18H,2-3,7-9,12H2,1H3. The van der Waals surface area contributed by atoms with E-state index in [1.54, 1.807) is 0 Å². The predicted octanol–water partition coefficient (Wildman–Crippen LogP) is 2.65. The van der Waals surface area contributed by atoms with Gasteiger partial charge in [0, 0.05) is 18.3 Å². The minimum absolute atomic E-state index is 0.947. The first-order valence-electron chi connectivity index (χ1n) is 6.87. The van der Waals surface area contributed by atoms with Gasteiger partial charge in [-0.2, -0.15) is 0 Å². The molecule has 0 amide bonds. The van der Waals surface area contributed by atoms with Crippen molar-refractivity contribution in [1.29, 1.82) is 0 Å². The van der Waals surface area contributed by atoms with Crippen molar-refractivity contribution >= 4 is 10.9 Å². The van der Waals surface area contributed by atoms with Gasteiger partial charge in [0.15, 0.2) is 0 Å². The van der Waals surface area contributed by atoms with Gasteiger partial charge in [0.05, 0.1) is 0 Å². The third-order valence-electron chi connectivity index (χ3n) is 3.08. The number of aromatic amines is 1. The monoisotopic (exact) mass is 245 g/mol. The molecule has 1 aromatic heterocycles. The summed E-state index contributed by atoms with van der Waals surface area (Å²) in [6, 6.07) is 8.69. The molecule has 0 radical (unpaired) electrons. The molecule has 0 spiro atoms. The van der Waals surface area contributed by atoms with Gasteiger partial charge in [0.2, 0.25) is 0 Å².